The van der Waals surface area contributed by atoms with Gasteiger partial charge < -0.3 is 15.8 Å². The highest BCUT2D eigenvalue weighted by Crippen LogP contribution is 2.36. The lowest BCUT2D eigenvalue weighted by molar-refractivity contribution is 0.0603. The van der Waals surface area contributed by atoms with E-state index in [9.17, 15) is 9.59 Å². The number of nitrogens with two attached hydrogens (primary N) is 1. The molecule has 0 amide bonds. The van der Waals surface area contributed by atoms with E-state index in [1.165, 1.54) is 30.2 Å². The largest absolute Gasteiger partial charge is 0.465 e. The average Bonchev–Trinajstić information content (AvgIpc) is 3.06. The number of carbonyl (C=O) groups is 2. The number of anilines is 2. The molecule has 0 saturated carbocycles. The lowest BCUT2D eigenvalue weighted by Gasteiger charge is -2.06. The molecule has 0 saturated heterocycles. The third-order valence-corrected chi connectivity index (χ3v) is 5.09. The third-order valence-electron chi connectivity index (χ3n) is 2.89. The Morgan fingerprint density at radius 2 is 2.19 bits per heavy atom. The van der Waals surface area contributed by atoms with Gasteiger partial charge in [-0.3, -0.25) is 4.79 Å². The molecule has 2 rings (SSSR count). The zero-order valence-electron chi connectivity index (χ0n) is 11.8. The minimum absolute atomic E-state index is 0.158. The molecule has 21 heavy (non-hydrogen) atoms. The van der Waals surface area contributed by atoms with E-state index in [2.05, 4.69) is 11.4 Å². The lowest BCUT2D eigenvalue weighted by Crippen LogP contribution is -2.10. The number of nitrogens with one attached hydrogen (secondary N) is 1. The van der Waals surface area contributed by atoms with E-state index >= 15 is 0 Å². The minimum Gasteiger partial charge on any atom is -0.465 e. The SMILES string of the molecule is COC(=O)c1c(NCCc2cccs2)sc(C(C)=O)c1N. The Labute approximate surface area is 130 Å². The normalized spacial score (nSPS) is 10.4. The van der Waals surface area contributed by atoms with Crippen molar-refractivity contribution in [1.29, 1.82) is 0 Å². The van der Waals surface area contributed by atoms with Crippen molar-refractivity contribution in [3.8, 4) is 0 Å². The molecule has 3 N–H and O–H groups in total. The molecule has 112 valence electrons. The molecule has 0 aromatic carbocycles. The number of hydrogen-bond donors (Lipinski definition) is 2. The van der Waals surface area contributed by atoms with Gasteiger partial charge in [-0.2, -0.15) is 0 Å². The van der Waals surface area contributed by atoms with Crippen LogP contribution < -0.4 is 11.1 Å². The van der Waals surface area contributed by atoms with Crippen molar-refractivity contribution >= 4 is 45.1 Å². The first-order valence-electron chi connectivity index (χ1n) is 6.32. The van der Waals surface area contributed by atoms with Crippen LogP contribution >= 0.6 is 22.7 Å². The second-order valence-corrected chi connectivity index (χ2v) is 6.41. The summed E-state index contributed by atoms with van der Waals surface area (Å²) < 4.78 is 4.74. The molecule has 2 aromatic rings. The van der Waals surface area contributed by atoms with Crippen molar-refractivity contribution in [3.05, 3.63) is 32.8 Å². The van der Waals surface area contributed by atoms with Crippen LogP contribution in [-0.2, 0) is 11.2 Å². The summed E-state index contributed by atoms with van der Waals surface area (Å²) in [5.74, 6) is -0.691. The number of ether oxygens (including phenoxy) is 1. The maximum absolute atomic E-state index is 11.8. The van der Waals surface area contributed by atoms with Gasteiger partial charge in [-0.05, 0) is 17.9 Å². The number of rotatable bonds is 6. The summed E-state index contributed by atoms with van der Waals surface area (Å²) in [6.07, 6.45) is 0.839. The van der Waals surface area contributed by atoms with Crippen LogP contribution in [0, 0.1) is 0 Å². The second kappa shape index (κ2) is 6.73. The first-order valence-corrected chi connectivity index (χ1v) is 8.02. The maximum Gasteiger partial charge on any atom is 0.343 e. The van der Waals surface area contributed by atoms with Gasteiger partial charge in [0.15, 0.2) is 5.78 Å². The van der Waals surface area contributed by atoms with Gasteiger partial charge in [0.1, 0.15) is 10.6 Å². The molecule has 2 heterocycles. The van der Waals surface area contributed by atoms with Crippen molar-refractivity contribution < 1.29 is 14.3 Å². The Balaban J connectivity index is 2.18. The molecule has 0 aliphatic heterocycles. The Morgan fingerprint density at radius 3 is 2.76 bits per heavy atom. The fourth-order valence-corrected chi connectivity index (χ4v) is 3.63. The smallest absolute Gasteiger partial charge is 0.343 e. The quantitative estimate of drug-likeness (QED) is 0.630. The highest BCUT2D eigenvalue weighted by molar-refractivity contribution is 7.19. The Hall–Kier alpha value is -1.86. The van der Waals surface area contributed by atoms with E-state index in [-0.39, 0.29) is 17.0 Å². The summed E-state index contributed by atoms with van der Waals surface area (Å²) in [7, 11) is 1.29. The molecular weight excluding hydrogens is 308 g/mol. The molecule has 5 nitrogen and oxygen atoms in total. The van der Waals surface area contributed by atoms with Crippen LogP contribution in [0.5, 0.6) is 0 Å². The summed E-state index contributed by atoms with van der Waals surface area (Å²) in [5.41, 5.74) is 6.34. The molecule has 0 fully saturated rings. The summed E-state index contributed by atoms with van der Waals surface area (Å²) in [6, 6.07) is 4.05. The number of Topliss-reactive ketones (excluding diaryl/α,β-unsaturated/α-hetero) is 1. The molecule has 0 bridgehead atoms. The van der Waals surface area contributed by atoms with Crippen LogP contribution in [0.1, 0.15) is 31.8 Å². The Morgan fingerprint density at radius 1 is 1.43 bits per heavy atom. The average molecular weight is 324 g/mol. The molecule has 0 unspecified atom stereocenters. The highest BCUT2D eigenvalue weighted by Gasteiger charge is 2.24. The third kappa shape index (κ3) is 3.43. The van der Waals surface area contributed by atoms with Crippen molar-refractivity contribution in [2.24, 2.45) is 0 Å². The number of hydrogen-bond acceptors (Lipinski definition) is 7. The summed E-state index contributed by atoms with van der Waals surface area (Å²) in [5, 5.41) is 5.78. The van der Waals surface area contributed by atoms with Crippen LogP contribution in [0.15, 0.2) is 17.5 Å². The summed E-state index contributed by atoms with van der Waals surface area (Å²) in [6.45, 7) is 2.08. The number of ketones is 1. The van der Waals surface area contributed by atoms with Crippen molar-refractivity contribution in [2.75, 3.05) is 24.7 Å². The van der Waals surface area contributed by atoms with Gasteiger partial charge in [0.25, 0.3) is 0 Å². The monoisotopic (exact) mass is 324 g/mol. The summed E-state index contributed by atoms with van der Waals surface area (Å²) in [4.78, 5) is 25.0. The standard InChI is InChI=1S/C14H16N2O3S2/c1-8(17)12-11(15)10(14(18)19-2)13(21-12)16-6-5-9-4-3-7-20-9/h3-4,7,16H,5-6,15H2,1-2H3. The zero-order chi connectivity index (χ0) is 15.4. The molecule has 0 radical (unpaired) electrons. The number of nitrogen functional groups attached to an aromatic ring is 1. The van der Waals surface area contributed by atoms with Gasteiger partial charge in [0, 0.05) is 18.3 Å². The van der Waals surface area contributed by atoms with E-state index in [1.807, 2.05) is 11.4 Å². The van der Waals surface area contributed by atoms with Crippen molar-refractivity contribution in [2.45, 2.75) is 13.3 Å². The molecule has 7 heteroatoms. The zero-order valence-corrected chi connectivity index (χ0v) is 13.4. The van der Waals surface area contributed by atoms with Crippen LogP contribution in [-0.4, -0.2) is 25.4 Å². The molecular formula is C14H16N2O3S2. The number of methoxy groups -OCH3 is 1. The maximum atomic E-state index is 11.8. The molecule has 0 atom stereocenters. The van der Waals surface area contributed by atoms with E-state index in [0.29, 0.717) is 16.4 Å². The number of carbonyl (C=O) groups excluding carboxylic acids is 2. The van der Waals surface area contributed by atoms with Crippen molar-refractivity contribution in [3.63, 3.8) is 0 Å². The Bertz CT molecular complexity index is 647. The van der Waals surface area contributed by atoms with Crippen LogP contribution in [0.2, 0.25) is 0 Å². The van der Waals surface area contributed by atoms with Crippen LogP contribution in [0.25, 0.3) is 0 Å². The van der Waals surface area contributed by atoms with Gasteiger partial charge in [-0.15, -0.1) is 22.7 Å². The van der Waals surface area contributed by atoms with Gasteiger partial charge in [-0.25, -0.2) is 4.79 Å². The van der Waals surface area contributed by atoms with E-state index in [0.717, 1.165) is 6.42 Å². The number of esters is 1. The highest BCUT2D eigenvalue weighted by atomic mass is 32.1. The van der Waals surface area contributed by atoms with E-state index in [4.69, 9.17) is 10.5 Å². The Kier molecular flexibility index (Phi) is 4.98. The molecule has 0 aliphatic rings. The topological polar surface area (TPSA) is 81.4 Å². The van der Waals surface area contributed by atoms with Crippen LogP contribution in [0.4, 0.5) is 10.7 Å². The molecule has 2 aromatic heterocycles. The second-order valence-electron chi connectivity index (χ2n) is 4.35. The van der Waals surface area contributed by atoms with E-state index < -0.39 is 5.97 Å². The predicted molar refractivity (Wildman–Crippen MR) is 86.6 cm³/mol. The fraction of sp³-hybridized carbons (Fsp3) is 0.286. The predicted octanol–water partition coefficient (Wildman–Crippen LogP) is 3.04. The molecule has 0 aliphatic carbocycles. The van der Waals surface area contributed by atoms with Gasteiger partial charge in [0.05, 0.1) is 17.7 Å². The lowest BCUT2D eigenvalue weighted by atomic mass is 10.2. The minimum atomic E-state index is -0.533. The molecule has 0 spiro atoms. The fourth-order valence-electron chi connectivity index (χ4n) is 1.89. The van der Waals surface area contributed by atoms with Gasteiger partial charge >= 0.3 is 5.97 Å². The summed E-state index contributed by atoms with van der Waals surface area (Å²) >= 11 is 2.87. The van der Waals surface area contributed by atoms with Gasteiger partial charge in [-0.1, -0.05) is 6.07 Å². The van der Waals surface area contributed by atoms with E-state index in [1.54, 1.807) is 11.3 Å². The van der Waals surface area contributed by atoms with Gasteiger partial charge in [0.2, 0.25) is 0 Å². The van der Waals surface area contributed by atoms with Crippen LogP contribution in [0.3, 0.4) is 0 Å². The first kappa shape index (κ1) is 15.5. The first-order chi connectivity index (χ1) is 10.0. The van der Waals surface area contributed by atoms with Crippen molar-refractivity contribution in [1.82, 2.24) is 0 Å². The number of thiophene rings is 2.